The van der Waals surface area contributed by atoms with Gasteiger partial charge in [-0.1, -0.05) is 19.9 Å². The maximum Gasteiger partial charge on any atom is 0.0498 e. The predicted octanol–water partition coefficient (Wildman–Crippen LogP) is 2.13. The lowest BCUT2D eigenvalue weighted by Gasteiger charge is -2.09. The molecule has 0 heterocycles. The monoisotopic (exact) mass is 197 g/mol. The molecule has 0 spiro atoms. The Kier molecular flexibility index (Phi) is 3.09. The first-order valence-corrected chi connectivity index (χ1v) is 5.81. The third-order valence-corrected chi connectivity index (χ3v) is 2.93. The highest BCUT2D eigenvalue weighted by atomic mass is 32.2. The molecule has 0 amide bonds. The van der Waals surface area contributed by atoms with E-state index in [0.717, 1.165) is 16.1 Å². The van der Waals surface area contributed by atoms with Gasteiger partial charge in [0.05, 0.1) is 0 Å². The van der Waals surface area contributed by atoms with Gasteiger partial charge in [-0.25, -0.2) is 0 Å². The zero-order valence-electron chi connectivity index (χ0n) is 8.20. The van der Waals surface area contributed by atoms with Crippen LogP contribution in [0.4, 0.5) is 5.69 Å². The highest BCUT2D eigenvalue weighted by Crippen LogP contribution is 2.23. The number of anilines is 1. The summed E-state index contributed by atoms with van der Waals surface area (Å²) >= 11 is 0. The molecule has 0 aromatic heterocycles. The Hall–Kier alpha value is -0.830. The maximum absolute atomic E-state index is 11.1. The van der Waals surface area contributed by atoms with Gasteiger partial charge in [0.1, 0.15) is 0 Å². The van der Waals surface area contributed by atoms with E-state index in [1.54, 1.807) is 12.3 Å². The van der Waals surface area contributed by atoms with E-state index in [1.165, 1.54) is 0 Å². The van der Waals surface area contributed by atoms with Crippen molar-refractivity contribution in [1.29, 1.82) is 0 Å². The van der Waals surface area contributed by atoms with Crippen LogP contribution in [0.25, 0.3) is 0 Å². The van der Waals surface area contributed by atoms with Gasteiger partial charge in [-0.2, -0.15) is 0 Å². The van der Waals surface area contributed by atoms with Crippen LogP contribution >= 0.6 is 0 Å². The largest absolute Gasteiger partial charge is 0.398 e. The third kappa shape index (κ3) is 2.31. The molecule has 0 radical (unpaired) electrons. The van der Waals surface area contributed by atoms with E-state index in [2.05, 4.69) is 13.8 Å². The minimum absolute atomic E-state index is 0.416. The molecule has 2 nitrogen and oxygen atoms in total. The Bertz CT molecular complexity index is 334. The number of hydrogen-bond acceptors (Lipinski definition) is 2. The van der Waals surface area contributed by atoms with Gasteiger partial charge in [0.2, 0.25) is 0 Å². The average molecular weight is 197 g/mol. The second-order valence-corrected chi connectivity index (χ2v) is 4.78. The topological polar surface area (TPSA) is 43.1 Å². The maximum atomic E-state index is 11.1. The molecular formula is C10H15NOS. The second kappa shape index (κ2) is 3.92. The SMILES string of the molecule is CC(C)c1ccc(S(C)=O)cc1N. The molecule has 0 saturated heterocycles. The predicted molar refractivity (Wildman–Crippen MR) is 57.3 cm³/mol. The van der Waals surface area contributed by atoms with Crippen molar-refractivity contribution in [3.63, 3.8) is 0 Å². The molecule has 2 N–H and O–H groups in total. The highest BCUT2D eigenvalue weighted by molar-refractivity contribution is 7.84. The molecule has 0 aliphatic carbocycles. The zero-order chi connectivity index (χ0) is 10.0. The first kappa shape index (κ1) is 10.3. The van der Waals surface area contributed by atoms with Crippen LogP contribution in [0, 0.1) is 0 Å². The van der Waals surface area contributed by atoms with Gasteiger partial charge in [-0.3, -0.25) is 4.21 Å². The highest BCUT2D eigenvalue weighted by Gasteiger charge is 2.05. The van der Waals surface area contributed by atoms with Crippen LogP contribution in [0.1, 0.15) is 25.3 Å². The van der Waals surface area contributed by atoms with Crippen molar-refractivity contribution in [2.75, 3.05) is 12.0 Å². The Morgan fingerprint density at radius 3 is 2.38 bits per heavy atom. The molecular weight excluding hydrogens is 182 g/mol. The quantitative estimate of drug-likeness (QED) is 0.738. The number of nitrogens with two attached hydrogens (primary N) is 1. The fraction of sp³-hybridized carbons (Fsp3) is 0.400. The molecule has 13 heavy (non-hydrogen) atoms. The molecule has 1 rings (SSSR count). The molecule has 1 atom stereocenters. The fourth-order valence-corrected chi connectivity index (χ4v) is 1.81. The summed E-state index contributed by atoms with van der Waals surface area (Å²) in [5, 5.41) is 0. The molecule has 1 unspecified atom stereocenters. The van der Waals surface area contributed by atoms with Crippen LogP contribution in [-0.4, -0.2) is 10.5 Å². The van der Waals surface area contributed by atoms with E-state index in [0.29, 0.717) is 5.92 Å². The Morgan fingerprint density at radius 2 is 2.00 bits per heavy atom. The van der Waals surface area contributed by atoms with E-state index >= 15 is 0 Å². The summed E-state index contributed by atoms with van der Waals surface area (Å²) < 4.78 is 11.1. The van der Waals surface area contributed by atoms with Gasteiger partial charge in [-0.05, 0) is 23.6 Å². The van der Waals surface area contributed by atoms with Crippen molar-refractivity contribution >= 4 is 16.5 Å². The van der Waals surface area contributed by atoms with Crippen LogP contribution in [-0.2, 0) is 10.8 Å². The van der Waals surface area contributed by atoms with E-state index in [-0.39, 0.29) is 0 Å². The Labute approximate surface area is 81.6 Å². The van der Waals surface area contributed by atoms with Crippen LogP contribution in [0.5, 0.6) is 0 Å². The number of benzene rings is 1. The van der Waals surface area contributed by atoms with Crippen molar-refractivity contribution in [3.8, 4) is 0 Å². The molecule has 72 valence electrons. The average Bonchev–Trinajstić information content (AvgIpc) is 2.03. The van der Waals surface area contributed by atoms with Gasteiger partial charge in [0, 0.05) is 27.6 Å². The van der Waals surface area contributed by atoms with Gasteiger partial charge >= 0.3 is 0 Å². The van der Waals surface area contributed by atoms with Crippen molar-refractivity contribution < 1.29 is 4.21 Å². The Morgan fingerprint density at radius 1 is 1.38 bits per heavy atom. The number of hydrogen-bond donors (Lipinski definition) is 1. The molecule has 1 aromatic rings. The fourth-order valence-electron chi connectivity index (χ4n) is 1.26. The van der Waals surface area contributed by atoms with Gasteiger partial charge in [-0.15, -0.1) is 0 Å². The van der Waals surface area contributed by atoms with E-state index in [4.69, 9.17) is 5.73 Å². The van der Waals surface area contributed by atoms with Crippen molar-refractivity contribution in [1.82, 2.24) is 0 Å². The molecule has 0 aliphatic heterocycles. The lowest BCUT2D eigenvalue weighted by Crippen LogP contribution is -1.98. The lowest BCUT2D eigenvalue weighted by molar-refractivity contribution is 0.686. The van der Waals surface area contributed by atoms with E-state index in [1.807, 2.05) is 12.1 Å². The van der Waals surface area contributed by atoms with E-state index in [9.17, 15) is 4.21 Å². The van der Waals surface area contributed by atoms with Crippen LogP contribution in [0.15, 0.2) is 23.1 Å². The van der Waals surface area contributed by atoms with Crippen LogP contribution in [0.3, 0.4) is 0 Å². The zero-order valence-corrected chi connectivity index (χ0v) is 9.02. The molecule has 1 aromatic carbocycles. The summed E-state index contributed by atoms with van der Waals surface area (Å²) in [6.07, 6.45) is 1.66. The second-order valence-electron chi connectivity index (χ2n) is 3.40. The van der Waals surface area contributed by atoms with Gasteiger partial charge < -0.3 is 5.73 Å². The summed E-state index contributed by atoms with van der Waals surface area (Å²) in [6, 6.07) is 5.63. The number of rotatable bonds is 2. The first-order chi connectivity index (χ1) is 6.02. The molecule has 0 bridgehead atoms. The summed E-state index contributed by atoms with van der Waals surface area (Å²) in [6.45, 7) is 4.18. The lowest BCUT2D eigenvalue weighted by atomic mass is 10.0. The standard InChI is InChI=1S/C10H15NOS/c1-7(2)9-5-4-8(13(3)12)6-10(9)11/h4-7H,11H2,1-3H3. The summed E-state index contributed by atoms with van der Waals surface area (Å²) in [5.41, 5.74) is 7.68. The summed E-state index contributed by atoms with van der Waals surface area (Å²) in [4.78, 5) is 0.793. The summed E-state index contributed by atoms with van der Waals surface area (Å²) in [7, 11) is -0.941. The summed E-state index contributed by atoms with van der Waals surface area (Å²) in [5.74, 6) is 0.416. The smallest absolute Gasteiger partial charge is 0.0498 e. The molecule has 3 heteroatoms. The normalized spacial score (nSPS) is 13.2. The molecule has 0 saturated carbocycles. The van der Waals surface area contributed by atoms with Crippen molar-refractivity contribution in [2.24, 2.45) is 0 Å². The van der Waals surface area contributed by atoms with Crippen molar-refractivity contribution in [2.45, 2.75) is 24.7 Å². The third-order valence-electron chi connectivity index (χ3n) is 2.01. The number of nitrogen functional groups attached to an aromatic ring is 1. The minimum Gasteiger partial charge on any atom is -0.398 e. The van der Waals surface area contributed by atoms with Crippen LogP contribution < -0.4 is 5.73 Å². The van der Waals surface area contributed by atoms with Crippen LogP contribution in [0.2, 0.25) is 0 Å². The van der Waals surface area contributed by atoms with Crippen molar-refractivity contribution in [3.05, 3.63) is 23.8 Å². The Balaban J connectivity index is 3.13. The first-order valence-electron chi connectivity index (χ1n) is 4.25. The molecule has 0 aliphatic rings. The molecule has 0 fully saturated rings. The minimum atomic E-state index is -0.941. The van der Waals surface area contributed by atoms with Gasteiger partial charge in [0.25, 0.3) is 0 Å². The van der Waals surface area contributed by atoms with Gasteiger partial charge in [0.15, 0.2) is 0 Å². The van der Waals surface area contributed by atoms with E-state index < -0.39 is 10.8 Å².